The summed E-state index contributed by atoms with van der Waals surface area (Å²) in [6, 6.07) is 3.04. The van der Waals surface area contributed by atoms with E-state index >= 15 is 0 Å². The number of hydrogen-bond donors (Lipinski definition) is 3. The molecule has 1 aromatic carbocycles. The first-order valence-corrected chi connectivity index (χ1v) is 15.5. The number of fused-ring (bicyclic) bond motifs is 5. The summed E-state index contributed by atoms with van der Waals surface area (Å²) in [6.45, 7) is 0.413. The molecule has 3 atom stereocenters. The predicted molar refractivity (Wildman–Crippen MR) is 143 cm³/mol. The van der Waals surface area contributed by atoms with Gasteiger partial charge < -0.3 is 28.7 Å². The molecule has 2 aliphatic heterocycles. The van der Waals surface area contributed by atoms with E-state index in [0.717, 1.165) is 41.3 Å². The lowest BCUT2D eigenvalue weighted by Gasteiger charge is -2.25. The van der Waals surface area contributed by atoms with Gasteiger partial charge in [0.15, 0.2) is 12.9 Å². The number of rotatable bonds is 10. The second-order valence-corrected chi connectivity index (χ2v) is 12.5. The maximum absolute atomic E-state index is 14.8. The van der Waals surface area contributed by atoms with Crippen molar-refractivity contribution >= 4 is 33.3 Å². The van der Waals surface area contributed by atoms with Crippen molar-refractivity contribution in [3.8, 4) is 11.4 Å². The molecular formula is C25H26FN3O11P2. The van der Waals surface area contributed by atoms with E-state index in [2.05, 4.69) is 13.7 Å². The number of esters is 1. The molecule has 4 N–H and O–H groups in total. The van der Waals surface area contributed by atoms with Crippen LogP contribution in [-0.2, 0) is 63.0 Å². The minimum absolute atomic E-state index is 0.204. The lowest BCUT2D eigenvalue weighted by atomic mass is 9.85. The summed E-state index contributed by atoms with van der Waals surface area (Å²) < 4.78 is 52.8. The Kier molecular flexibility index (Phi) is 8.00. The fourth-order valence-corrected chi connectivity index (χ4v) is 7.23. The Morgan fingerprint density at radius 2 is 2.00 bits per heavy atom. The number of aromatic nitrogens is 2. The molecule has 17 heteroatoms. The normalized spacial score (nSPS) is 19.2. The number of phosphoric acid groups is 1. The van der Waals surface area contributed by atoms with Gasteiger partial charge in [-0.2, -0.15) is 0 Å². The highest BCUT2D eigenvalue weighted by atomic mass is 31.3. The molecule has 14 nitrogen and oxygen atoms in total. The SMILES string of the molecule is Cc1c(F)cc2nc3c(c4c2c1CCC4)Cn1c-3cc2c(c1=O)COC(=O)C2OCOP(O)OP(=O)(O)OCCON. The maximum Gasteiger partial charge on any atom is 0.479 e. The van der Waals surface area contributed by atoms with Gasteiger partial charge in [-0.1, -0.05) is 0 Å². The van der Waals surface area contributed by atoms with Gasteiger partial charge in [-0.05, 0) is 48.9 Å². The van der Waals surface area contributed by atoms with Crippen molar-refractivity contribution in [2.75, 3.05) is 20.0 Å². The van der Waals surface area contributed by atoms with Gasteiger partial charge in [-0.25, -0.2) is 28.9 Å². The summed E-state index contributed by atoms with van der Waals surface area (Å²) in [5.74, 6) is 3.66. The van der Waals surface area contributed by atoms with E-state index in [-0.39, 0.29) is 48.9 Å². The third kappa shape index (κ3) is 5.20. The maximum atomic E-state index is 14.8. The Morgan fingerprint density at radius 1 is 1.21 bits per heavy atom. The molecular weight excluding hydrogens is 599 g/mol. The first kappa shape index (κ1) is 29.4. The van der Waals surface area contributed by atoms with Crippen molar-refractivity contribution in [1.82, 2.24) is 9.55 Å². The fraction of sp³-hybridized carbons (Fsp3) is 0.400. The van der Waals surface area contributed by atoms with Gasteiger partial charge in [0.05, 0.1) is 42.2 Å². The molecule has 1 aliphatic carbocycles. The number of halogens is 1. The molecule has 0 saturated heterocycles. The average Bonchev–Trinajstić information content (AvgIpc) is 3.31. The van der Waals surface area contributed by atoms with E-state index in [1.807, 2.05) is 0 Å². The zero-order valence-electron chi connectivity index (χ0n) is 22.2. The first-order chi connectivity index (χ1) is 20.1. The number of ether oxygens (including phenoxy) is 2. The minimum atomic E-state index is -4.70. The summed E-state index contributed by atoms with van der Waals surface area (Å²) in [7, 11) is -7.66. The van der Waals surface area contributed by atoms with Crippen LogP contribution in [0.1, 0.15) is 45.9 Å². The summed E-state index contributed by atoms with van der Waals surface area (Å²) >= 11 is 0. The smallest absolute Gasteiger partial charge is 0.458 e. The molecule has 42 heavy (non-hydrogen) atoms. The molecule has 4 heterocycles. The Balaban J connectivity index is 1.28. The van der Waals surface area contributed by atoms with E-state index in [9.17, 15) is 28.3 Å². The van der Waals surface area contributed by atoms with Crippen molar-refractivity contribution in [1.29, 1.82) is 0 Å². The van der Waals surface area contributed by atoms with Gasteiger partial charge in [0, 0.05) is 22.6 Å². The lowest BCUT2D eigenvalue weighted by molar-refractivity contribution is -0.167. The number of benzene rings is 1. The third-order valence-corrected chi connectivity index (χ3v) is 9.76. The van der Waals surface area contributed by atoms with Gasteiger partial charge >= 0.3 is 22.4 Å². The molecule has 0 radical (unpaired) electrons. The number of pyridine rings is 2. The summed E-state index contributed by atoms with van der Waals surface area (Å²) in [5, 5.41) is 0.939. The molecule has 0 fully saturated rings. The second-order valence-electron chi connectivity index (χ2n) is 9.88. The minimum Gasteiger partial charge on any atom is -0.458 e. The zero-order chi connectivity index (χ0) is 29.8. The van der Waals surface area contributed by atoms with Crippen molar-refractivity contribution < 1.29 is 51.2 Å². The molecule has 6 rings (SSSR count). The summed E-state index contributed by atoms with van der Waals surface area (Å²) in [4.78, 5) is 54.7. The number of carbonyl (C=O) groups is 1. The topological polar surface area (TPSA) is 191 Å². The van der Waals surface area contributed by atoms with Crippen LogP contribution in [-0.4, -0.2) is 45.3 Å². The van der Waals surface area contributed by atoms with Crippen molar-refractivity contribution in [3.05, 3.63) is 61.7 Å². The Bertz CT molecular complexity index is 1720. The number of aryl methyl sites for hydroxylation is 2. The van der Waals surface area contributed by atoms with E-state index in [0.29, 0.717) is 22.5 Å². The standard InChI is InChI=1S/C25H26FN3O11P2/c1-12-13-3-2-4-14-16-9-29-20(22(16)28-19(21(13)14)8-18(12)26)7-15-17(24(29)30)10-35-25(31)23(15)36-11-38-41(32)40-42(33,34)39-6-5-37-27/h7-8,23,32H,2-6,9-11,27H2,1H3,(H,33,34). The zero-order valence-corrected chi connectivity index (χ0v) is 24.0. The molecule has 0 spiro atoms. The van der Waals surface area contributed by atoms with Crippen molar-refractivity contribution in [2.24, 2.45) is 5.90 Å². The van der Waals surface area contributed by atoms with Crippen LogP contribution in [0, 0.1) is 12.7 Å². The highest BCUT2D eigenvalue weighted by Gasteiger charge is 2.37. The molecule has 0 bridgehead atoms. The van der Waals surface area contributed by atoms with Crippen molar-refractivity contribution in [3.63, 3.8) is 0 Å². The lowest BCUT2D eigenvalue weighted by Crippen LogP contribution is -2.33. The third-order valence-electron chi connectivity index (χ3n) is 7.55. The van der Waals surface area contributed by atoms with Gasteiger partial charge in [-0.3, -0.25) is 13.8 Å². The number of nitrogens with zero attached hydrogens (tertiary/aromatic N) is 2. The summed E-state index contributed by atoms with van der Waals surface area (Å²) in [6.07, 6.45) is 0.956. The Hall–Kier alpha value is -2.68. The van der Waals surface area contributed by atoms with Crippen LogP contribution in [0.3, 0.4) is 0 Å². The van der Waals surface area contributed by atoms with Crippen LogP contribution in [0.5, 0.6) is 0 Å². The van der Waals surface area contributed by atoms with Gasteiger partial charge in [0.1, 0.15) is 12.4 Å². The van der Waals surface area contributed by atoms with Crippen molar-refractivity contribution in [2.45, 2.75) is 45.4 Å². The van der Waals surface area contributed by atoms with Gasteiger partial charge in [0.25, 0.3) is 5.56 Å². The molecule has 2 aromatic heterocycles. The van der Waals surface area contributed by atoms with E-state index in [4.69, 9.17) is 24.9 Å². The monoisotopic (exact) mass is 625 g/mol. The Morgan fingerprint density at radius 3 is 2.79 bits per heavy atom. The number of hydrogen-bond acceptors (Lipinski definition) is 12. The second kappa shape index (κ2) is 11.4. The van der Waals surface area contributed by atoms with Crippen LogP contribution in [0.2, 0.25) is 0 Å². The van der Waals surface area contributed by atoms with Gasteiger partial charge in [0.2, 0.25) is 0 Å². The molecule has 0 amide bonds. The largest absolute Gasteiger partial charge is 0.479 e. The fourth-order valence-electron chi connectivity index (χ4n) is 5.69. The number of cyclic esters (lactones) is 1. The summed E-state index contributed by atoms with van der Waals surface area (Å²) in [5.41, 5.74) is 5.04. The molecule has 3 unspecified atom stereocenters. The van der Waals surface area contributed by atoms with E-state index in [1.54, 1.807) is 17.6 Å². The van der Waals surface area contributed by atoms with Crippen LogP contribution in [0.15, 0.2) is 16.9 Å². The first-order valence-electron chi connectivity index (χ1n) is 12.9. The molecule has 0 saturated carbocycles. The molecule has 224 valence electrons. The number of phosphoric ester groups is 1. The molecule has 3 aromatic rings. The van der Waals surface area contributed by atoms with E-state index in [1.165, 1.54) is 6.07 Å². The Labute approximate surface area is 238 Å². The van der Waals surface area contributed by atoms with Gasteiger partial charge in [-0.15, -0.1) is 0 Å². The quantitative estimate of drug-likeness (QED) is 0.0767. The molecule has 3 aliphatic rings. The highest BCUT2D eigenvalue weighted by molar-refractivity contribution is 7.58. The van der Waals surface area contributed by atoms with Crippen LogP contribution in [0.25, 0.3) is 22.3 Å². The van der Waals surface area contributed by atoms with Crippen LogP contribution < -0.4 is 11.5 Å². The van der Waals surface area contributed by atoms with Crippen LogP contribution in [0.4, 0.5) is 4.39 Å². The number of carbonyl (C=O) groups excluding carboxylic acids is 1. The van der Waals surface area contributed by atoms with Crippen LogP contribution >= 0.6 is 16.4 Å². The number of nitrogens with two attached hydrogens (primary N) is 1. The van der Waals surface area contributed by atoms with E-state index < -0.39 is 35.3 Å². The average molecular weight is 625 g/mol. The highest BCUT2D eigenvalue weighted by Crippen LogP contribution is 2.55. The predicted octanol–water partition coefficient (Wildman–Crippen LogP) is 2.69.